The van der Waals surface area contributed by atoms with Gasteiger partial charge in [0.15, 0.2) is 0 Å². The van der Waals surface area contributed by atoms with Crippen molar-refractivity contribution in [2.75, 3.05) is 0 Å². The lowest BCUT2D eigenvalue weighted by molar-refractivity contribution is -0.0908. The van der Waals surface area contributed by atoms with Crippen LogP contribution in [0.25, 0.3) is 0 Å². The van der Waals surface area contributed by atoms with E-state index in [1.54, 1.807) is 6.07 Å². The van der Waals surface area contributed by atoms with Crippen LogP contribution in [0.3, 0.4) is 0 Å². The molecular weight excluding hydrogens is 275 g/mol. The first-order valence-corrected chi connectivity index (χ1v) is 8.12. The molecule has 0 spiro atoms. The smallest absolute Gasteiger partial charge is 0.123 e. The fraction of sp³-hybridized carbons (Fsp3) is 0.647. The number of rotatable bonds is 2. The van der Waals surface area contributed by atoms with Crippen LogP contribution in [0.15, 0.2) is 18.2 Å². The van der Waals surface area contributed by atoms with E-state index in [9.17, 15) is 9.50 Å². The second-order valence-electron chi connectivity index (χ2n) is 7.12. The molecule has 0 radical (unpaired) electrons. The van der Waals surface area contributed by atoms with Gasteiger partial charge >= 0.3 is 0 Å². The highest BCUT2D eigenvalue weighted by atomic mass is 35.5. The summed E-state index contributed by atoms with van der Waals surface area (Å²) in [5, 5.41) is 11.3. The molecule has 0 amide bonds. The quantitative estimate of drug-likeness (QED) is 0.846. The second-order valence-corrected chi connectivity index (χ2v) is 7.53. The lowest BCUT2D eigenvalue weighted by Gasteiger charge is -2.55. The molecule has 108 valence electrons. The van der Waals surface area contributed by atoms with Crippen LogP contribution in [0.5, 0.6) is 0 Å². The molecular formula is C17H20ClFO. The highest BCUT2D eigenvalue weighted by Crippen LogP contribution is 2.59. The van der Waals surface area contributed by atoms with E-state index < -0.39 is 6.10 Å². The summed E-state index contributed by atoms with van der Waals surface area (Å²) < 4.78 is 13.5. The van der Waals surface area contributed by atoms with Gasteiger partial charge in [0.1, 0.15) is 5.82 Å². The van der Waals surface area contributed by atoms with Crippen molar-refractivity contribution in [1.82, 2.24) is 0 Å². The van der Waals surface area contributed by atoms with Gasteiger partial charge in [-0.3, -0.25) is 0 Å². The van der Waals surface area contributed by atoms with E-state index in [0.29, 0.717) is 22.4 Å². The van der Waals surface area contributed by atoms with Crippen LogP contribution >= 0.6 is 11.6 Å². The van der Waals surface area contributed by atoms with E-state index in [-0.39, 0.29) is 11.7 Å². The van der Waals surface area contributed by atoms with Crippen molar-refractivity contribution < 1.29 is 9.50 Å². The highest BCUT2D eigenvalue weighted by molar-refractivity contribution is 6.31. The summed E-state index contributed by atoms with van der Waals surface area (Å²) in [6.45, 7) is 0. The van der Waals surface area contributed by atoms with Gasteiger partial charge < -0.3 is 5.11 Å². The van der Waals surface area contributed by atoms with E-state index in [0.717, 1.165) is 11.8 Å². The Morgan fingerprint density at radius 1 is 1.05 bits per heavy atom. The van der Waals surface area contributed by atoms with Gasteiger partial charge in [-0.05, 0) is 79.9 Å². The largest absolute Gasteiger partial charge is 0.388 e. The first-order chi connectivity index (χ1) is 9.61. The van der Waals surface area contributed by atoms with Crippen molar-refractivity contribution in [2.45, 2.75) is 38.2 Å². The van der Waals surface area contributed by atoms with E-state index >= 15 is 0 Å². The third-order valence-corrected chi connectivity index (χ3v) is 6.29. The van der Waals surface area contributed by atoms with Crippen molar-refractivity contribution in [1.29, 1.82) is 0 Å². The summed E-state index contributed by atoms with van der Waals surface area (Å²) in [5.41, 5.74) is 0.587. The predicted octanol–water partition coefficient (Wildman–Crippen LogP) is 4.58. The van der Waals surface area contributed by atoms with Gasteiger partial charge in [0.25, 0.3) is 0 Å². The molecule has 20 heavy (non-hydrogen) atoms. The number of aliphatic hydroxyl groups excluding tert-OH is 1. The van der Waals surface area contributed by atoms with Gasteiger partial charge in [0.05, 0.1) is 6.10 Å². The van der Waals surface area contributed by atoms with Crippen LogP contribution < -0.4 is 0 Å². The zero-order valence-corrected chi connectivity index (χ0v) is 12.2. The molecule has 1 aromatic rings. The van der Waals surface area contributed by atoms with Crippen LogP contribution in [0.4, 0.5) is 4.39 Å². The van der Waals surface area contributed by atoms with Gasteiger partial charge in [-0.15, -0.1) is 0 Å². The third kappa shape index (κ3) is 2.00. The Balaban J connectivity index is 1.65. The van der Waals surface area contributed by atoms with Gasteiger partial charge in [0, 0.05) is 10.6 Å². The number of hydrogen-bond acceptors (Lipinski definition) is 1. The Kier molecular flexibility index (Phi) is 3.08. The summed E-state index contributed by atoms with van der Waals surface area (Å²) in [7, 11) is 0. The zero-order chi connectivity index (χ0) is 13.9. The van der Waals surface area contributed by atoms with E-state index in [2.05, 4.69) is 0 Å². The van der Waals surface area contributed by atoms with Gasteiger partial charge in [0.2, 0.25) is 0 Å². The Bertz CT molecular complexity index is 502. The molecule has 3 heteroatoms. The number of aliphatic hydroxyl groups is 1. The number of benzene rings is 1. The Labute approximate surface area is 124 Å². The van der Waals surface area contributed by atoms with Crippen LogP contribution in [-0.4, -0.2) is 5.11 Å². The maximum absolute atomic E-state index is 13.5. The Morgan fingerprint density at radius 2 is 1.65 bits per heavy atom. The van der Waals surface area contributed by atoms with Gasteiger partial charge in [-0.2, -0.15) is 0 Å². The first-order valence-electron chi connectivity index (χ1n) is 7.75. The van der Waals surface area contributed by atoms with Crippen LogP contribution in [0, 0.1) is 35.4 Å². The fourth-order valence-corrected chi connectivity index (χ4v) is 5.66. The third-order valence-electron chi connectivity index (χ3n) is 5.94. The van der Waals surface area contributed by atoms with Crippen molar-refractivity contribution in [3.8, 4) is 0 Å². The second kappa shape index (κ2) is 4.71. The lowest BCUT2D eigenvalue weighted by atomic mass is 9.50. The monoisotopic (exact) mass is 294 g/mol. The van der Waals surface area contributed by atoms with Crippen LogP contribution in [0.2, 0.25) is 5.02 Å². The molecule has 0 heterocycles. The van der Waals surface area contributed by atoms with E-state index in [1.165, 1.54) is 44.2 Å². The summed E-state index contributed by atoms with van der Waals surface area (Å²) in [5.74, 6) is 2.95. The fourth-order valence-electron chi connectivity index (χ4n) is 5.43. The topological polar surface area (TPSA) is 20.2 Å². The molecule has 0 aromatic heterocycles. The van der Waals surface area contributed by atoms with Gasteiger partial charge in [-0.1, -0.05) is 11.6 Å². The maximum Gasteiger partial charge on any atom is 0.123 e. The van der Waals surface area contributed by atoms with Crippen molar-refractivity contribution in [3.63, 3.8) is 0 Å². The van der Waals surface area contributed by atoms with Crippen LogP contribution in [-0.2, 0) is 0 Å². The summed E-state index contributed by atoms with van der Waals surface area (Å²) in [6, 6.07) is 4.33. The number of halogens is 2. The molecule has 4 bridgehead atoms. The molecule has 1 N–H and O–H groups in total. The lowest BCUT2D eigenvalue weighted by Crippen LogP contribution is -2.47. The van der Waals surface area contributed by atoms with E-state index in [4.69, 9.17) is 11.6 Å². The van der Waals surface area contributed by atoms with Crippen molar-refractivity contribution >= 4 is 11.6 Å². The molecule has 1 aromatic carbocycles. The van der Waals surface area contributed by atoms with E-state index in [1.807, 2.05) is 0 Å². The molecule has 1 unspecified atom stereocenters. The van der Waals surface area contributed by atoms with Gasteiger partial charge in [-0.25, -0.2) is 4.39 Å². The molecule has 5 rings (SSSR count). The molecule has 4 saturated carbocycles. The Morgan fingerprint density at radius 3 is 2.25 bits per heavy atom. The number of hydrogen-bond donors (Lipinski definition) is 1. The average molecular weight is 295 g/mol. The standard InChI is InChI=1S/C17H20ClFO/c18-15-2-1-13(19)8-14(15)17(20)16-11-4-9-3-10(6-11)7-12(16)5-9/h1-2,8-12,16-17,20H,3-7H2. The van der Waals surface area contributed by atoms with Crippen molar-refractivity contribution in [3.05, 3.63) is 34.6 Å². The summed E-state index contributed by atoms with van der Waals surface area (Å²) in [6.07, 6.45) is 5.80. The zero-order valence-electron chi connectivity index (χ0n) is 11.4. The molecule has 4 fully saturated rings. The van der Waals surface area contributed by atoms with Crippen molar-refractivity contribution in [2.24, 2.45) is 29.6 Å². The first kappa shape index (κ1) is 13.1. The summed E-state index contributed by atoms with van der Waals surface area (Å²) >= 11 is 6.18. The molecule has 4 aliphatic rings. The molecule has 1 nitrogen and oxygen atoms in total. The normalized spacial score (nSPS) is 40.0. The van der Waals surface area contributed by atoms with Crippen LogP contribution in [0.1, 0.15) is 43.8 Å². The minimum absolute atomic E-state index is 0.280. The molecule has 4 aliphatic carbocycles. The SMILES string of the molecule is OC(c1cc(F)ccc1Cl)C1C2CC3CC(C2)CC1C3. The maximum atomic E-state index is 13.5. The molecule has 1 atom stereocenters. The molecule has 0 aliphatic heterocycles. The minimum atomic E-state index is -0.604. The predicted molar refractivity (Wildman–Crippen MR) is 76.9 cm³/mol. The average Bonchev–Trinajstić information content (AvgIpc) is 2.40. The molecule has 0 saturated heterocycles. The highest BCUT2D eigenvalue weighted by Gasteiger charge is 2.50. The summed E-state index contributed by atoms with van der Waals surface area (Å²) in [4.78, 5) is 0. The Hall–Kier alpha value is -0.600. The minimum Gasteiger partial charge on any atom is -0.388 e.